The second-order valence-corrected chi connectivity index (χ2v) is 4.88. The quantitative estimate of drug-likeness (QED) is 0.880. The fourth-order valence-corrected chi connectivity index (χ4v) is 2.57. The van der Waals surface area contributed by atoms with Gasteiger partial charge in [0.25, 0.3) is 0 Å². The van der Waals surface area contributed by atoms with E-state index in [1.54, 1.807) is 37.4 Å². The van der Waals surface area contributed by atoms with Gasteiger partial charge in [0.2, 0.25) is 0 Å². The third kappa shape index (κ3) is 2.30. The summed E-state index contributed by atoms with van der Waals surface area (Å²) in [7, 11) is 1.66. The van der Waals surface area contributed by atoms with Gasteiger partial charge >= 0.3 is 0 Å². The van der Waals surface area contributed by atoms with E-state index in [0.29, 0.717) is 12.2 Å². The van der Waals surface area contributed by atoms with Crippen molar-refractivity contribution in [1.82, 2.24) is 0 Å². The number of hydrogen-bond donors (Lipinski definition) is 2. The molecular formula is C16H16O4. The normalized spacial score (nSPS) is 21.1. The first-order valence-electron chi connectivity index (χ1n) is 6.48. The minimum atomic E-state index is -0.207. The number of rotatable bonds is 2. The first-order chi connectivity index (χ1) is 9.67. The predicted molar refractivity (Wildman–Crippen MR) is 73.9 cm³/mol. The van der Waals surface area contributed by atoms with Crippen molar-refractivity contribution < 1.29 is 19.7 Å². The summed E-state index contributed by atoms with van der Waals surface area (Å²) in [6.45, 7) is 0. The second kappa shape index (κ2) is 5.06. The molecule has 2 aromatic rings. The Kier molecular flexibility index (Phi) is 3.24. The Hall–Kier alpha value is -2.20. The molecule has 20 heavy (non-hydrogen) atoms. The van der Waals surface area contributed by atoms with E-state index in [4.69, 9.17) is 9.47 Å². The third-order valence-electron chi connectivity index (χ3n) is 3.57. The van der Waals surface area contributed by atoms with E-state index in [1.165, 1.54) is 0 Å². The van der Waals surface area contributed by atoms with Crippen LogP contribution in [0.15, 0.2) is 42.5 Å². The second-order valence-electron chi connectivity index (χ2n) is 4.88. The average Bonchev–Trinajstić information content (AvgIpc) is 2.45. The molecule has 0 radical (unpaired) electrons. The summed E-state index contributed by atoms with van der Waals surface area (Å²) >= 11 is 0. The molecule has 0 fully saturated rings. The van der Waals surface area contributed by atoms with Crippen molar-refractivity contribution >= 4 is 0 Å². The molecule has 1 aliphatic rings. The maximum absolute atomic E-state index is 9.59. The van der Waals surface area contributed by atoms with E-state index in [1.807, 2.05) is 12.1 Å². The van der Waals surface area contributed by atoms with Crippen LogP contribution in [0, 0.1) is 0 Å². The molecule has 2 unspecified atom stereocenters. The van der Waals surface area contributed by atoms with Crippen molar-refractivity contribution in [3.05, 3.63) is 53.6 Å². The molecule has 2 N–H and O–H groups in total. The van der Waals surface area contributed by atoms with Crippen LogP contribution in [0.1, 0.15) is 29.8 Å². The average molecular weight is 272 g/mol. The number of phenolic OH excluding ortho intramolecular Hbond substituents is 2. The van der Waals surface area contributed by atoms with Crippen molar-refractivity contribution in [3.8, 4) is 17.2 Å². The monoisotopic (exact) mass is 272 g/mol. The summed E-state index contributed by atoms with van der Waals surface area (Å²) in [5.74, 6) is 0.994. The van der Waals surface area contributed by atoms with Gasteiger partial charge in [-0.3, -0.25) is 0 Å². The topological polar surface area (TPSA) is 58.9 Å². The predicted octanol–water partition coefficient (Wildman–Crippen LogP) is 3.31. The zero-order chi connectivity index (χ0) is 14.1. The molecule has 4 heteroatoms. The lowest BCUT2D eigenvalue weighted by Gasteiger charge is -2.31. The van der Waals surface area contributed by atoms with Crippen LogP contribution >= 0.6 is 0 Å². The SMILES string of the molecule is COC1CC(c2cccc(O)c2)Oc2cc(O)ccc21. The lowest BCUT2D eigenvalue weighted by Crippen LogP contribution is -2.20. The molecule has 0 bridgehead atoms. The summed E-state index contributed by atoms with van der Waals surface area (Å²) in [5.41, 5.74) is 1.82. The van der Waals surface area contributed by atoms with Crippen LogP contribution in [0.25, 0.3) is 0 Å². The van der Waals surface area contributed by atoms with Crippen molar-refractivity contribution in [2.75, 3.05) is 7.11 Å². The van der Waals surface area contributed by atoms with Gasteiger partial charge in [-0.1, -0.05) is 12.1 Å². The number of benzene rings is 2. The molecule has 0 amide bonds. The standard InChI is InChI=1S/C16H16O4/c1-19-15-9-14(10-3-2-4-11(17)7-10)20-16-8-12(18)5-6-13(15)16/h2-8,14-15,17-18H,9H2,1H3. The Morgan fingerprint density at radius 1 is 1.10 bits per heavy atom. The smallest absolute Gasteiger partial charge is 0.129 e. The highest BCUT2D eigenvalue weighted by Crippen LogP contribution is 2.43. The van der Waals surface area contributed by atoms with Gasteiger partial charge in [0.1, 0.15) is 23.4 Å². The fourth-order valence-electron chi connectivity index (χ4n) is 2.57. The summed E-state index contributed by atoms with van der Waals surface area (Å²) < 4.78 is 11.5. The fraction of sp³-hybridized carbons (Fsp3) is 0.250. The van der Waals surface area contributed by atoms with Crippen molar-refractivity contribution in [2.45, 2.75) is 18.6 Å². The molecule has 2 aromatic carbocycles. The lowest BCUT2D eigenvalue weighted by molar-refractivity contribution is 0.0299. The summed E-state index contributed by atoms with van der Waals surface area (Å²) in [4.78, 5) is 0. The first-order valence-corrected chi connectivity index (χ1v) is 6.48. The van der Waals surface area contributed by atoms with Crippen LogP contribution < -0.4 is 4.74 Å². The third-order valence-corrected chi connectivity index (χ3v) is 3.57. The number of phenols is 2. The highest BCUT2D eigenvalue weighted by molar-refractivity contribution is 5.44. The molecular weight excluding hydrogens is 256 g/mol. The number of hydrogen-bond acceptors (Lipinski definition) is 4. The first kappa shape index (κ1) is 12.8. The molecule has 4 nitrogen and oxygen atoms in total. The van der Waals surface area contributed by atoms with Crippen LogP contribution in [-0.2, 0) is 4.74 Å². The summed E-state index contributed by atoms with van der Waals surface area (Å²) in [6, 6.07) is 12.0. The van der Waals surface area contributed by atoms with E-state index in [9.17, 15) is 10.2 Å². The molecule has 0 aliphatic carbocycles. The molecule has 1 aliphatic heterocycles. The van der Waals surface area contributed by atoms with E-state index >= 15 is 0 Å². The number of ether oxygens (including phenoxy) is 2. The Morgan fingerprint density at radius 3 is 2.65 bits per heavy atom. The Labute approximate surface area is 117 Å². The van der Waals surface area contributed by atoms with Gasteiger partial charge in [0.05, 0.1) is 6.10 Å². The van der Waals surface area contributed by atoms with E-state index in [-0.39, 0.29) is 23.7 Å². The van der Waals surface area contributed by atoms with Crippen LogP contribution in [0.3, 0.4) is 0 Å². The Bertz CT molecular complexity index is 624. The van der Waals surface area contributed by atoms with E-state index in [2.05, 4.69) is 0 Å². The van der Waals surface area contributed by atoms with E-state index in [0.717, 1.165) is 11.1 Å². The van der Waals surface area contributed by atoms with Crippen LogP contribution in [0.2, 0.25) is 0 Å². The molecule has 1 heterocycles. The van der Waals surface area contributed by atoms with Crippen molar-refractivity contribution in [3.63, 3.8) is 0 Å². The van der Waals surface area contributed by atoms with Crippen LogP contribution in [-0.4, -0.2) is 17.3 Å². The molecule has 3 rings (SSSR count). The van der Waals surface area contributed by atoms with Crippen LogP contribution in [0.4, 0.5) is 0 Å². The van der Waals surface area contributed by atoms with Gasteiger partial charge in [-0.2, -0.15) is 0 Å². The largest absolute Gasteiger partial charge is 0.508 e. The molecule has 0 spiro atoms. The molecule has 0 saturated heterocycles. The van der Waals surface area contributed by atoms with Gasteiger partial charge in [-0.05, 0) is 29.8 Å². The number of aromatic hydroxyl groups is 2. The minimum absolute atomic E-state index is 0.0910. The minimum Gasteiger partial charge on any atom is -0.508 e. The molecule has 2 atom stereocenters. The number of fused-ring (bicyclic) bond motifs is 1. The zero-order valence-electron chi connectivity index (χ0n) is 11.1. The highest BCUT2D eigenvalue weighted by atomic mass is 16.5. The van der Waals surface area contributed by atoms with Gasteiger partial charge in [0, 0.05) is 25.2 Å². The summed E-state index contributed by atoms with van der Waals surface area (Å²) in [6.07, 6.45) is 0.366. The molecule has 0 saturated carbocycles. The van der Waals surface area contributed by atoms with Crippen molar-refractivity contribution in [2.24, 2.45) is 0 Å². The Morgan fingerprint density at radius 2 is 1.90 bits per heavy atom. The zero-order valence-corrected chi connectivity index (χ0v) is 11.1. The van der Waals surface area contributed by atoms with Gasteiger partial charge in [0.15, 0.2) is 0 Å². The lowest BCUT2D eigenvalue weighted by atomic mass is 9.94. The summed E-state index contributed by atoms with van der Waals surface area (Å²) in [5, 5.41) is 19.2. The van der Waals surface area contributed by atoms with Crippen molar-refractivity contribution in [1.29, 1.82) is 0 Å². The van der Waals surface area contributed by atoms with Crippen LogP contribution in [0.5, 0.6) is 17.2 Å². The maximum atomic E-state index is 9.59. The molecule has 104 valence electrons. The maximum Gasteiger partial charge on any atom is 0.129 e. The van der Waals surface area contributed by atoms with E-state index < -0.39 is 0 Å². The Balaban J connectivity index is 1.97. The highest BCUT2D eigenvalue weighted by Gasteiger charge is 2.29. The number of methoxy groups -OCH3 is 1. The van der Waals surface area contributed by atoms with Gasteiger partial charge in [-0.25, -0.2) is 0 Å². The van der Waals surface area contributed by atoms with Gasteiger partial charge in [-0.15, -0.1) is 0 Å². The molecule has 0 aromatic heterocycles. The van der Waals surface area contributed by atoms with Gasteiger partial charge < -0.3 is 19.7 Å².